The molecule has 9 nitrogen and oxygen atoms in total. The minimum absolute atomic E-state index is 0.0787. The summed E-state index contributed by atoms with van der Waals surface area (Å²) in [5.41, 5.74) is 0. The highest BCUT2D eigenvalue weighted by molar-refractivity contribution is 5.90. The second-order valence-electron chi connectivity index (χ2n) is 7.63. The van der Waals surface area contributed by atoms with Gasteiger partial charge in [0.1, 0.15) is 6.33 Å². The molecule has 0 bridgehead atoms. The van der Waals surface area contributed by atoms with E-state index in [1.165, 1.54) is 6.33 Å². The number of ether oxygens (including phenoxy) is 1. The van der Waals surface area contributed by atoms with Gasteiger partial charge in [0.2, 0.25) is 11.7 Å². The Balaban J connectivity index is 1.29. The normalized spacial score (nSPS) is 25.6. The van der Waals surface area contributed by atoms with Crippen molar-refractivity contribution in [2.24, 2.45) is 5.92 Å². The molecule has 0 saturated carbocycles. The van der Waals surface area contributed by atoms with Crippen molar-refractivity contribution in [3.05, 3.63) is 12.2 Å². The molecule has 1 aromatic rings. The Labute approximate surface area is 159 Å². The third-order valence-corrected chi connectivity index (χ3v) is 6.01. The van der Waals surface area contributed by atoms with E-state index in [4.69, 9.17) is 4.74 Å². The summed E-state index contributed by atoms with van der Waals surface area (Å²) in [6.45, 7) is 6.09. The molecule has 1 atom stereocenters. The molecule has 9 heteroatoms. The predicted molar refractivity (Wildman–Crippen MR) is 97.0 cm³/mol. The molecule has 2 amide bonds. The zero-order chi connectivity index (χ0) is 18.6. The van der Waals surface area contributed by atoms with Crippen LogP contribution in [0.15, 0.2) is 6.33 Å². The van der Waals surface area contributed by atoms with Crippen LogP contribution in [0, 0.1) is 5.92 Å². The van der Waals surface area contributed by atoms with E-state index >= 15 is 0 Å². The monoisotopic (exact) mass is 376 g/mol. The summed E-state index contributed by atoms with van der Waals surface area (Å²) in [7, 11) is 0. The number of nitrogens with one attached hydrogen (secondary N) is 1. The Morgan fingerprint density at radius 1 is 1.04 bits per heavy atom. The van der Waals surface area contributed by atoms with Crippen molar-refractivity contribution in [2.75, 3.05) is 52.5 Å². The van der Waals surface area contributed by atoms with Gasteiger partial charge < -0.3 is 14.5 Å². The number of rotatable bonds is 3. The number of nitrogens with zero attached hydrogens (tertiary/aromatic N) is 5. The molecule has 27 heavy (non-hydrogen) atoms. The van der Waals surface area contributed by atoms with Crippen molar-refractivity contribution in [3.8, 4) is 0 Å². The number of amides is 2. The summed E-state index contributed by atoms with van der Waals surface area (Å²) < 4.78 is 5.36. The van der Waals surface area contributed by atoms with Gasteiger partial charge in [0.05, 0.1) is 19.1 Å². The number of carbonyl (C=O) groups is 2. The molecule has 0 radical (unpaired) electrons. The molecule has 3 saturated heterocycles. The summed E-state index contributed by atoms with van der Waals surface area (Å²) in [4.78, 5) is 35.4. The Morgan fingerprint density at radius 3 is 2.52 bits per heavy atom. The van der Waals surface area contributed by atoms with Gasteiger partial charge in [-0.25, -0.2) is 4.98 Å². The van der Waals surface area contributed by atoms with Crippen LogP contribution < -0.4 is 0 Å². The summed E-state index contributed by atoms with van der Waals surface area (Å²) in [5.74, 6) is 0.624. The number of aromatic amines is 1. The first-order chi connectivity index (χ1) is 13.2. The molecule has 3 aliphatic heterocycles. The van der Waals surface area contributed by atoms with Crippen molar-refractivity contribution in [1.29, 1.82) is 0 Å². The van der Waals surface area contributed by atoms with Crippen LogP contribution in [0.5, 0.6) is 0 Å². The standard InChI is InChI=1S/C18H28N6O3/c25-17(23-8-10-27-11-9-23)14-2-1-5-24(12-14)15-3-6-22(7-4-15)18(26)16-19-13-20-21-16/h13-15H,1-12H2,(H,19,20,21)/t14-/m0/s1. The SMILES string of the molecule is O=C(c1ncn[nH]1)N1CCC(N2CCC[C@H](C(=O)N3CCOCC3)C2)CC1. The molecule has 0 aromatic carbocycles. The van der Waals surface area contributed by atoms with Gasteiger partial charge in [-0.05, 0) is 32.2 Å². The van der Waals surface area contributed by atoms with Crippen LogP contribution >= 0.6 is 0 Å². The van der Waals surface area contributed by atoms with E-state index in [0.29, 0.717) is 31.0 Å². The largest absolute Gasteiger partial charge is 0.378 e. The fourth-order valence-electron chi connectivity index (χ4n) is 4.47. The second-order valence-corrected chi connectivity index (χ2v) is 7.63. The van der Waals surface area contributed by atoms with Gasteiger partial charge in [-0.3, -0.25) is 19.6 Å². The lowest BCUT2D eigenvalue weighted by atomic mass is 9.92. The smallest absolute Gasteiger partial charge is 0.291 e. The number of hydrogen-bond acceptors (Lipinski definition) is 6. The third-order valence-electron chi connectivity index (χ3n) is 6.01. The number of hydrogen-bond donors (Lipinski definition) is 1. The van der Waals surface area contributed by atoms with Gasteiger partial charge in [0, 0.05) is 38.8 Å². The number of aromatic nitrogens is 3. The predicted octanol–water partition coefficient (Wildman–Crippen LogP) is -0.0199. The van der Waals surface area contributed by atoms with Crippen LogP contribution in [0.4, 0.5) is 0 Å². The Kier molecular flexibility index (Phi) is 5.68. The van der Waals surface area contributed by atoms with Crippen LogP contribution in [0.2, 0.25) is 0 Å². The summed E-state index contributed by atoms with van der Waals surface area (Å²) in [5, 5.41) is 6.40. The molecular weight excluding hydrogens is 348 g/mol. The van der Waals surface area contributed by atoms with Crippen molar-refractivity contribution >= 4 is 11.8 Å². The van der Waals surface area contributed by atoms with E-state index in [1.807, 2.05) is 9.80 Å². The van der Waals surface area contributed by atoms with Crippen LogP contribution in [-0.4, -0.2) is 100 Å². The maximum absolute atomic E-state index is 12.8. The molecular formula is C18H28N6O3. The first kappa shape index (κ1) is 18.4. The Bertz CT molecular complexity index is 638. The van der Waals surface area contributed by atoms with E-state index in [-0.39, 0.29) is 11.8 Å². The molecule has 4 rings (SSSR count). The fourth-order valence-corrected chi connectivity index (χ4v) is 4.47. The van der Waals surface area contributed by atoms with Crippen molar-refractivity contribution in [1.82, 2.24) is 29.9 Å². The van der Waals surface area contributed by atoms with Gasteiger partial charge >= 0.3 is 0 Å². The number of morpholine rings is 1. The number of H-pyrrole nitrogens is 1. The van der Waals surface area contributed by atoms with E-state index in [1.54, 1.807) is 0 Å². The number of carbonyl (C=O) groups excluding carboxylic acids is 2. The topological polar surface area (TPSA) is 94.7 Å². The van der Waals surface area contributed by atoms with E-state index in [0.717, 1.165) is 65.0 Å². The summed E-state index contributed by atoms with van der Waals surface area (Å²) >= 11 is 0. The van der Waals surface area contributed by atoms with Crippen LogP contribution in [0.3, 0.4) is 0 Å². The van der Waals surface area contributed by atoms with E-state index in [9.17, 15) is 9.59 Å². The van der Waals surface area contributed by atoms with Crippen LogP contribution in [-0.2, 0) is 9.53 Å². The van der Waals surface area contributed by atoms with Crippen LogP contribution in [0.1, 0.15) is 36.3 Å². The average Bonchev–Trinajstić information content (AvgIpc) is 3.28. The highest BCUT2D eigenvalue weighted by Crippen LogP contribution is 2.25. The molecule has 3 fully saturated rings. The van der Waals surface area contributed by atoms with Gasteiger partial charge in [-0.2, -0.15) is 5.10 Å². The lowest BCUT2D eigenvalue weighted by molar-refractivity contribution is -0.141. The maximum Gasteiger partial charge on any atom is 0.291 e. The number of likely N-dealkylation sites (tertiary alicyclic amines) is 2. The van der Waals surface area contributed by atoms with Crippen LogP contribution in [0.25, 0.3) is 0 Å². The zero-order valence-corrected chi connectivity index (χ0v) is 15.7. The third kappa shape index (κ3) is 4.14. The summed E-state index contributed by atoms with van der Waals surface area (Å²) in [6, 6.07) is 0.448. The van der Waals surface area contributed by atoms with Crippen molar-refractivity contribution in [3.63, 3.8) is 0 Å². The second kappa shape index (κ2) is 8.35. The maximum atomic E-state index is 12.8. The Hall–Kier alpha value is -2.00. The molecule has 0 spiro atoms. The highest BCUT2D eigenvalue weighted by Gasteiger charge is 2.34. The minimum atomic E-state index is -0.0787. The lowest BCUT2D eigenvalue weighted by Crippen LogP contribution is -2.53. The molecule has 0 unspecified atom stereocenters. The zero-order valence-electron chi connectivity index (χ0n) is 15.7. The van der Waals surface area contributed by atoms with E-state index in [2.05, 4.69) is 20.1 Å². The first-order valence-electron chi connectivity index (χ1n) is 9.97. The van der Waals surface area contributed by atoms with Gasteiger partial charge in [0.15, 0.2) is 0 Å². The Morgan fingerprint density at radius 2 is 1.81 bits per heavy atom. The molecule has 0 aliphatic carbocycles. The first-order valence-corrected chi connectivity index (χ1v) is 9.97. The molecule has 1 N–H and O–H groups in total. The highest BCUT2D eigenvalue weighted by atomic mass is 16.5. The molecule has 1 aromatic heterocycles. The average molecular weight is 376 g/mol. The van der Waals surface area contributed by atoms with Crippen molar-refractivity contribution in [2.45, 2.75) is 31.7 Å². The van der Waals surface area contributed by atoms with Gasteiger partial charge in [0.25, 0.3) is 5.91 Å². The lowest BCUT2D eigenvalue weighted by Gasteiger charge is -2.42. The minimum Gasteiger partial charge on any atom is -0.378 e. The van der Waals surface area contributed by atoms with Gasteiger partial charge in [-0.15, -0.1) is 0 Å². The van der Waals surface area contributed by atoms with E-state index < -0.39 is 0 Å². The molecule has 4 heterocycles. The quantitative estimate of drug-likeness (QED) is 0.797. The molecule has 148 valence electrons. The fraction of sp³-hybridized carbons (Fsp3) is 0.778. The number of piperidine rings is 2. The van der Waals surface area contributed by atoms with Gasteiger partial charge in [-0.1, -0.05) is 0 Å². The summed E-state index contributed by atoms with van der Waals surface area (Å²) in [6.07, 6.45) is 5.30. The molecule has 3 aliphatic rings. The van der Waals surface area contributed by atoms with Crippen molar-refractivity contribution < 1.29 is 14.3 Å².